The van der Waals surface area contributed by atoms with Crippen molar-refractivity contribution >= 4 is 17.6 Å². The maximum atomic E-state index is 14.3. The minimum Gasteiger partial charge on any atom is -0.494 e. The normalized spacial score (nSPS) is 15.6. The lowest BCUT2D eigenvalue weighted by atomic mass is 10.0. The van der Waals surface area contributed by atoms with Gasteiger partial charge >= 0.3 is 6.03 Å². The predicted molar refractivity (Wildman–Crippen MR) is 72.5 cm³/mol. The van der Waals surface area contributed by atoms with Gasteiger partial charge in [-0.25, -0.2) is 9.18 Å². The van der Waals surface area contributed by atoms with E-state index in [1.165, 1.54) is 18.1 Å². The first kappa shape index (κ1) is 14.3. The SMILES string of the molecule is COc1cc(C(C)C)cc(F)c1N1CCC(=O)NC1=O. The Bertz CT molecular complexity index is 558. The highest BCUT2D eigenvalue weighted by Crippen LogP contribution is 2.35. The van der Waals surface area contributed by atoms with E-state index >= 15 is 0 Å². The number of benzene rings is 1. The van der Waals surface area contributed by atoms with Crippen LogP contribution in [-0.4, -0.2) is 25.6 Å². The Labute approximate surface area is 116 Å². The number of ether oxygens (including phenoxy) is 1. The van der Waals surface area contributed by atoms with Crippen LogP contribution in [0.4, 0.5) is 14.9 Å². The number of anilines is 1. The number of amides is 3. The molecule has 0 radical (unpaired) electrons. The van der Waals surface area contributed by atoms with E-state index in [0.717, 1.165) is 5.56 Å². The standard InChI is InChI=1S/C14H17FN2O3/c1-8(2)9-6-10(15)13(11(7-9)20-3)17-5-4-12(18)16-14(17)19/h6-8H,4-5H2,1-3H3,(H,16,18,19). The molecule has 1 heterocycles. The summed E-state index contributed by atoms with van der Waals surface area (Å²) in [5, 5.41) is 2.17. The average molecular weight is 280 g/mol. The monoisotopic (exact) mass is 280 g/mol. The van der Waals surface area contributed by atoms with Crippen LogP contribution >= 0.6 is 0 Å². The zero-order valence-electron chi connectivity index (χ0n) is 11.7. The molecule has 0 bridgehead atoms. The molecule has 1 aromatic rings. The average Bonchev–Trinajstić information content (AvgIpc) is 2.38. The molecule has 0 atom stereocenters. The topological polar surface area (TPSA) is 58.6 Å². The fourth-order valence-electron chi connectivity index (χ4n) is 2.12. The van der Waals surface area contributed by atoms with Crippen molar-refractivity contribution < 1.29 is 18.7 Å². The lowest BCUT2D eigenvalue weighted by Crippen LogP contribution is -2.50. The van der Waals surface area contributed by atoms with Crippen LogP contribution in [0.15, 0.2) is 12.1 Å². The molecule has 1 N–H and O–H groups in total. The minimum absolute atomic E-state index is 0.0712. The van der Waals surface area contributed by atoms with E-state index in [-0.39, 0.29) is 36.2 Å². The zero-order chi connectivity index (χ0) is 14.9. The van der Waals surface area contributed by atoms with Crippen LogP contribution in [0.1, 0.15) is 31.7 Å². The van der Waals surface area contributed by atoms with Gasteiger partial charge in [-0.2, -0.15) is 0 Å². The van der Waals surface area contributed by atoms with Gasteiger partial charge in [-0.15, -0.1) is 0 Å². The molecule has 0 spiro atoms. The van der Waals surface area contributed by atoms with Crippen molar-refractivity contribution in [3.63, 3.8) is 0 Å². The molecule has 1 aromatic carbocycles. The third kappa shape index (κ3) is 2.59. The molecule has 1 fully saturated rings. The molecular formula is C14H17FN2O3. The number of imide groups is 1. The van der Waals surface area contributed by atoms with Crippen molar-refractivity contribution in [3.05, 3.63) is 23.5 Å². The van der Waals surface area contributed by atoms with Crippen LogP contribution in [0.2, 0.25) is 0 Å². The second-order valence-electron chi connectivity index (χ2n) is 4.96. The number of rotatable bonds is 3. The summed E-state index contributed by atoms with van der Waals surface area (Å²) in [6.07, 6.45) is 0.139. The number of hydrogen-bond donors (Lipinski definition) is 1. The van der Waals surface area contributed by atoms with Crippen molar-refractivity contribution in [1.29, 1.82) is 0 Å². The number of carbonyl (C=O) groups excluding carboxylic acids is 2. The van der Waals surface area contributed by atoms with Gasteiger partial charge in [0, 0.05) is 13.0 Å². The van der Waals surface area contributed by atoms with Gasteiger partial charge in [0.15, 0.2) is 5.82 Å². The number of methoxy groups -OCH3 is 1. The molecule has 108 valence electrons. The highest BCUT2D eigenvalue weighted by atomic mass is 19.1. The van der Waals surface area contributed by atoms with Crippen molar-refractivity contribution in [1.82, 2.24) is 5.32 Å². The van der Waals surface area contributed by atoms with Gasteiger partial charge in [0.2, 0.25) is 5.91 Å². The molecule has 3 amide bonds. The molecule has 2 rings (SSSR count). The molecule has 0 aromatic heterocycles. The van der Waals surface area contributed by atoms with Crippen molar-refractivity contribution in [2.75, 3.05) is 18.6 Å². The number of hydrogen-bond acceptors (Lipinski definition) is 3. The molecule has 1 aliphatic heterocycles. The van der Waals surface area contributed by atoms with Crippen molar-refractivity contribution in [2.45, 2.75) is 26.2 Å². The quantitative estimate of drug-likeness (QED) is 0.925. The summed E-state index contributed by atoms with van der Waals surface area (Å²) in [7, 11) is 1.43. The third-order valence-corrected chi connectivity index (χ3v) is 3.26. The van der Waals surface area contributed by atoms with Gasteiger partial charge in [-0.05, 0) is 23.6 Å². The summed E-state index contributed by atoms with van der Waals surface area (Å²) in [5.41, 5.74) is 0.860. The highest BCUT2D eigenvalue weighted by molar-refractivity contribution is 6.06. The van der Waals surface area contributed by atoms with Crippen LogP contribution in [0.5, 0.6) is 5.75 Å². The molecule has 20 heavy (non-hydrogen) atoms. The van der Waals surface area contributed by atoms with Crippen LogP contribution in [-0.2, 0) is 4.79 Å². The first-order valence-electron chi connectivity index (χ1n) is 6.42. The molecule has 1 saturated heterocycles. The second kappa shape index (κ2) is 5.48. The van der Waals surface area contributed by atoms with Crippen molar-refractivity contribution in [3.8, 4) is 5.75 Å². The second-order valence-corrected chi connectivity index (χ2v) is 4.96. The summed E-state index contributed by atoms with van der Waals surface area (Å²) in [6.45, 7) is 4.03. The Morgan fingerprint density at radius 1 is 1.35 bits per heavy atom. The summed E-state index contributed by atoms with van der Waals surface area (Å²) in [5.74, 6) is -0.454. The number of nitrogens with zero attached hydrogens (tertiary/aromatic N) is 1. The van der Waals surface area contributed by atoms with E-state index in [9.17, 15) is 14.0 Å². The maximum absolute atomic E-state index is 14.3. The van der Waals surface area contributed by atoms with E-state index in [1.54, 1.807) is 6.07 Å². The van der Waals surface area contributed by atoms with Gasteiger partial charge in [-0.1, -0.05) is 13.8 Å². The molecule has 1 aliphatic rings. The van der Waals surface area contributed by atoms with Gasteiger partial charge in [0.25, 0.3) is 0 Å². The highest BCUT2D eigenvalue weighted by Gasteiger charge is 2.29. The lowest BCUT2D eigenvalue weighted by Gasteiger charge is -2.28. The smallest absolute Gasteiger partial charge is 0.328 e. The first-order chi connectivity index (χ1) is 9.43. The molecule has 5 nitrogen and oxygen atoms in total. The zero-order valence-corrected chi connectivity index (χ0v) is 11.7. The summed E-state index contributed by atoms with van der Waals surface area (Å²) in [4.78, 5) is 24.2. The Morgan fingerprint density at radius 3 is 2.60 bits per heavy atom. The van der Waals surface area contributed by atoms with E-state index in [0.29, 0.717) is 0 Å². The number of nitrogens with one attached hydrogen (secondary N) is 1. The molecular weight excluding hydrogens is 263 g/mol. The Hall–Kier alpha value is -2.11. The lowest BCUT2D eigenvalue weighted by molar-refractivity contribution is -0.120. The molecule has 6 heteroatoms. The fourth-order valence-corrected chi connectivity index (χ4v) is 2.12. The van der Waals surface area contributed by atoms with Gasteiger partial charge < -0.3 is 4.74 Å². The van der Waals surface area contributed by atoms with Crippen LogP contribution < -0.4 is 15.0 Å². The molecule has 0 unspecified atom stereocenters. The van der Waals surface area contributed by atoms with E-state index in [4.69, 9.17) is 4.74 Å². The molecule has 0 saturated carbocycles. The predicted octanol–water partition coefficient (Wildman–Crippen LogP) is 2.40. The van der Waals surface area contributed by atoms with Crippen LogP contribution in [0.25, 0.3) is 0 Å². The number of urea groups is 1. The summed E-state index contributed by atoms with van der Waals surface area (Å²) < 4.78 is 19.5. The Balaban J connectivity index is 2.45. The fraction of sp³-hybridized carbons (Fsp3) is 0.429. The van der Waals surface area contributed by atoms with Gasteiger partial charge in [0.1, 0.15) is 11.4 Å². The number of carbonyl (C=O) groups is 2. The minimum atomic E-state index is -0.629. The summed E-state index contributed by atoms with van der Waals surface area (Å²) >= 11 is 0. The van der Waals surface area contributed by atoms with E-state index < -0.39 is 11.8 Å². The Morgan fingerprint density at radius 2 is 2.05 bits per heavy atom. The first-order valence-corrected chi connectivity index (χ1v) is 6.42. The van der Waals surface area contributed by atoms with Crippen molar-refractivity contribution in [2.24, 2.45) is 0 Å². The molecule has 0 aliphatic carbocycles. The maximum Gasteiger partial charge on any atom is 0.328 e. The summed E-state index contributed by atoms with van der Waals surface area (Å²) in [6, 6.07) is 2.48. The van der Waals surface area contributed by atoms with E-state index in [2.05, 4.69) is 5.32 Å². The Kier molecular flexibility index (Phi) is 3.92. The third-order valence-electron chi connectivity index (χ3n) is 3.26. The number of halogens is 1. The van der Waals surface area contributed by atoms with Crippen LogP contribution in [0.3, 0.4) is 0 Å². The van der Waals surface area contributed by atoms with Crippen LogP contribution in [0, 0.1) is 5.82 Å². The van der Waals surface area contributed by atoms with Gasteiger partial charge in [0.05, 0.1) is 7.11 Å². The van der Waals surface area contributed by atoms with Gasteiger partial charge in [-0.3, -0.25) is 15.0 Å². The largest absolute Gasteiger partial charge is 0.494 e. The van der Waals surface area contributed by atoms with E-state index in [1.807, 2.05) is 13.8 Å².